The summed E-state index contributed by atoms with van der Waals surface area (Å²) in [6.07, 6.45) is 1.13. The highest BCUT2D eigenvalue weighted by molar-refractivity contribution is 7.09. The van der Waals surface area contributed by atoms with E-state index in [1.807, 2.05) is 24.6 Å². The van der Waals surface area contributed by atoms with E-state index in [-0.39, 0.29) is 5.91 Å². The standard InChI is InChI=1S/C12H19N3OS/c1-15(10-4-5-13-7-10)9-12(16)14-8-11-3-2-6-17-11/h2-3,6,10,13H,4-5,7-9H2,1H3,(H,14,16). The predicted molar refractivity (Wildman–Crippen MR) is 70.1 cm³/mol. The lowest BCUT2D eigenvalue weighted by molar-refractivity contribution is -0.122. The number of likely N-dealkylation sites (N-methyl/N-ethyl adjacent to an activating group) is 1. The third kappa shape index (κ3) is 3.80. The number of rotatable bonds is 5. The fourth-order valence-electron chi connectivity index (χ4n) is 2.03. The molecule has 2 N–H and O–H groups in total. The largest absolute Gasteiger partial charge is 0.350 e. The number of nitrogens with one attached hydrogen (secondary N) is 2. The van der Waals surface area contributed by atoms with E-state index >= 15 is 0 Å². The summed E-state index contributed by atoms with van der Waals surface area (Å²) >= 11 is 1.67. The topological polar surface area (TPSA) is 44.4 Å². The normalized spacial score (nSPS) is 19.8. The summed E-state index contributed by atoms with van der Waals surface area (Å²) in [4.78, 5) is 15.1. The summed E-state index contributed by atoms with van der Waals surface area (Å²) in [5.41, 5.74) is 0. The van der Waals surface area contributed by atoms with Gasteiger partial charge < -0.3 is 10.6 Å². The van der Waals surface area contributed by atoms with Crippen LogP contribution in [0.3, 0.4) is 0 Å². The van der Waals surface area contributed by atoms with Crippen LogP contribution in [-0.2, 0) is 11.3 Å². The zero-order chi connectivity index (χ0) is 12.1. The Morgan fingerprint density at radius 3 is 3.24 bits per heavy atom. The molecule has 1 aliphatic rings. The number of carbonyl (C=O) groups excluding carboxylic acids is 1. The van der Waals surface area contributed by atoms with Crippen molar-refractivity contribution in [3.63, 3.8) is 0 Å². The van der Waals surface area contributed by atoms with Crippen molar-refractivity contribution in [1.82, 2.24) is 15.5 Å². The quantitative estimate of drug-likeness (QED) is 0.810. The first-order valence-corrected chi connectivity index (χ1v) is 6.83. The highest BCUT2D eigenvalue weighted by Crippen LogP contribution is 2.08. The van der Waals surface area contributed by atoms with E-state index in [2.05, 4.69) is 15.5 Å². The molecule has 4 nitrogen and oxygen atoms in total. The molecule has 1 atom stereocenters. The molecule has 0 spiro atoms. The second-order valence-corrected chi connectivity index (χ2v) is 5.45. The summed E-state index contributed by atoms with van der Waals surface area (Å²) in [5.74, 6) is 0.104. The molecule has 2 rings (SSSR count). The number of thiophene rings is 1. The van der Waals surface area contributed by atoms with Crippen molar-refractivity contribution >= 4 is 17.2 Å². The van der Waals surface area contributed by atoms with Crippen LogP contribution in [0.15, 0.2) is 17.5 Å². The molecule has 0 bridgehead atoms. The highest BCUT2D eigenvalue weighted by atomic mass is 32.1. The first-order valence-electron chi connectivity index (χ1n) is 5.96. The molecule has 94 valence electrons. The summed E-state index contributed by atoms with van der Waals surface area (Å²) in [6, 6.07) is 4.54. The second kappa shape index (κ2) is 6.14. The monoisotopic (exact) mass is 253 g/mol. The van der Waals surface area contributed by atoms with Crippen LogP contribution in [0.4, 0.5) is 0 Å². The SMILES string of the molecule is CN(CC(=O)NCc1cccs1)C1CCNC1. The number of hydrogen-bond donors (Lipinski definition) is 2. The van der Waals surface area contributed by atoms with Gasteiger partial charge in [0.2, 0.25) is 5.91 Å². The predicted octanol–water partition coefficient (Wildman–Crippen LogP) is 0.658. The molecule has 1 aromatic rings. The molecule has 0 aromatic carbocycles. The van der Waals surface area contributed by atoms with E-state index in [1.54, 1.807) is 11.3 Å². The van der Waals surface area contributed by atoms with E-state index in [0.717, 1.165) is 19.5 Å². The van der Waals surface area contributed by atoms with Crippen molar-refractivity contribution in [1.29, 1.82) is 0 Å². The van der Waals surface area contributed by atoms with Gasteiger partial charge in [-0.25, -0.2) is 0 Å². The van der Waals surface area contributed by atoms with E-state index in [4.69, 9.17) is 0 Å². The van der Waals surface area contributed by atoms with Crippen LogP contribution in [0.1, 0.15) is 11.3 Å². The number of nitrogens with zero attached hydrogens (tertiary/aromatic N) is 1. The van der Waals surface area contributed by atoms with Crippen LogP contribution in [0, 0.1) is 0 Å². The zero-order valence-corrected chi connectivity index (χ0v) is 10.9. The average molecular weight is 253 g/mol. The lowest BCUT2D eigenvalue weighted by Crippen LogP contribution is -2.41. The molecule has 0 saturated carbocycles. The van der Waals surface area contributed by atoms with Gasteiger partial charge >= 0.3 is 0 Å². The fraction of sp³-hybridized carbons (Fsp3) is 0.583. The van der Waals surface area contributed by atoms with Crippen molar-refractivity contribution in [2.45, 2.75) is 19.0 Å². The van der Waals surface area contributed by atoms with Crippen LogP contribution in [0.5, 0.6) is 0 Å². The summed E-state index contributed by atoms with van der Waals surface area (Å²) in [5, 5.41) is 8.28. The maximum Gasteiger partial charge on any atom is 0.234 e. The number of hydrogen-bond acceptors (Lipinski definition) is 4. The van der Waals surface area contributed by atoms with Gasteiger partial charge in [-0.3, -0.25) is 9.69 Å². The number of amides is 1. The third-order valence-electron chi connectivity index (χ3n) is 3.09. The Bertz CT molecular complexity index is 347. The first kappa shape index (κ1) is 12.5. The van der Waals surface area contributed by atoms with Gasteiger partial charge in [0.05, 0.1) is 13.1 Å². The van der Waals surface area contributed by atoms with E-state index in [9.17, 15) is 4.79 Å². The van der Waals surface area contributed by atoms with Crippen molar-refractivity contribution in [3.05, 3.63) is 22.4 Å². The van der Waals surface area contributed by atoms with Gasteiger partial charge in [0.1, 0.15) is 0 Å². The minimum Gasteiger partial charge on any atom is -0.350 e. The molecule has 17 heavy (non-hydrogen) atoms. The molecule has 0 radical (unpaired) electrons. The number of carbonyl (C=O) groups is 1. The van der Waals surface area contributed by atoms with Gasteiger partial charge in [-0.1, -0.05) is 6.07 Å². The van der Waals surface area contributed by atoms with Gasteiger partial charge in [0, 0.05) is 17.5 Å². The molecule has 5 heteroatoms. The van der Waals surface area contributed by atoms with Crippen molar-refractivity contribution < 1.29 is 4.79 Å². The van der Waals surface area contributed by atoms with Gasteiger partial charge in [-0.2, -0.15) is 0 Å². The Balaban J connectivity index is 1.69. The highest BCUT2D eigenvalue weighted by Gasteiger charge is 2.20. The Morgan fingerprint density at radius 2 is 2.59 bits per heavy atom. The molecular weight excluding hydrogens is 234 g/mol. The van der Waals surface area contributed by atoms with Gasteiger partial charge in [-0.15, -0.1) is 11.3 Å². The fourth-order valence-corrected chi connectivity index (χ4v) is 2.67. The van der Waals surface area contributed by atoms with Crippen LogP contribution in [0.25, 0.3) is 0 Å². The smallest absolute Gasteiger partial charge is 0.234 e. The molecule has 1 fully saturated rings. The third-order valence-corrected chi connectivity index (χ3v) is 3.97. The van der Waals surface area contributed by atoms with E-state index < -0.39 is 0 Å². The Kier molecular flexibility index (Phi) is 4.53. The van der Waals surface area contributed by atoms with Gasteiger partial charge in [0.15, 0.2) is 0 Å². The molecule has 1 saturated heterocycles. The minimum atomic E-state index is 0.104. The van der Waals surface area contributed by atoms with Crippen LogP contribution >= 0.6 is 11.3 Å². The Labute approximate surface area is 106 Å². The molecular formula is C12H19N3OS. The van der Waals surface area contributed by atoms with E-state index in [0.29, 0.717) is 19.1 Å². The summed E-state index contributed by atoms with van der Waals surface area (Å²) in [6.45, 7) is 3.19. The maximum atomic E-state index is 11.7. The van der Waals surface area contributed by atoms with Crippen LogP contribution < -0.4 is 10.6 Å². The second-order valence-electron chi connectivity index (χ2n) is 4.42. The molecule has 1 aliphatic heterocycles. The minimum absolute atomic E-state index is 0.104. The first-order chi connectivity index (χ1) is 8.25. The van der Waals surface area contributed by atoms with E-state index in [1.165, 1.54) is 4.88 Å². The average Bonchev–Trinajstić information content (AvgIpc) is 2.99. The molecule has 1 amide bonds. The summed E-state index contributed by atoms with van der Waals surface area (Å²) < 4.78 is 0. The lowest BCUT2D eigenvalue weighted by atomic mass is 10.2. The van der Waals surface area contributed by atoms with Gasteiger partial charge in [0.25, 0.3) is 0 Å². The van der Waals surface area contributed by atoms with Gasteiger partial charge in [-0.05, 0) is 31.5 Å². The van der Waals surface area contributed by atoms with Crippen molar-refractivity contribution in [2.75, 3.05) is 26.7 Å². The molecule has 1 unspecified atom stereocenters. The zero-order valence-electron chi connectivity index (χ0n) is 10.1. The molecule has 1 aromatic heterocycles. The van der Waals surface area contributed by atoms with Crippen molar-refractivity contribution in [2.24, 2.45) is 0 Å². The maximum absolute atomic E-state index is 11.7. The molecule has 2 heterocycles. The Hall–Kier alpha value is -0.910. The summed E-state index contributed by atoms with van der Waals surface area (Å²) in [7, 11) is 2.02. The van der Waals surface area contributed by atoms with Crippen LogP contribution in [-0.4, -0.2) is 43.5 Å². The van der Waals surface area contributed by atoms with Crippen molar-refractivity contribution in [3.8, 4) is 0 Å². The van der Waals surface area contributed by atoms with Crippen LogP contribution in [0.2, 0.25) is 0 Å². The Morgan fingerprint density at radius 1 is 1.71 bits per heavy atom. The molecule has 0 aliphatic carbocycles. The lowest BCUT2D eigenvalue weighted by Gasteiger charge is -2.22.